The molecule has 0 atom stereocenters. The van der Waals surface area contributed by atoms with Crippen LogP contribution in [-0.2, 0) is 7.05 Å². The van der Waals surface area contributed by atoms with Gasteiger partial charge >= 0.3 is 0 Å². The summed E-state index contributed by atoms with van der Waals surface area (Å²) in [5, 5.41) is 15.3. The molecule has 8 nitrogen and oxygen atoms in total. The molecule has 1 saturated heterocycles. The van der Waals surface area contributed by atoms with Crippen molar-refractivity contribution < 1.29 is 4.79 Å². The van der Waals surface area contributed by atoms with Gasteiger partial charge in [0.25, 0.3) is 5.91 Å². The number of nitrogens with one attached hydrogen (secondary N) is 2. The summed E-state index contributed by atoms with van der Waals surface area (Å²) in [4.78, 5) is 17.5. The molecule has 0 spiro atoms. The SMILES string of the molecule is CC(C)c1cc(C(=O)Nc2nc(C3CCNCC3)nn2C)nn1-c1ccccc1. The van der Waals surface area contributed by atoms with Crippen LogP contribution >= 0.6 is 0 Å². The average molecular weight is 393 g/mol. The van der Waals surface area contributed by atoms with E-state index in [4.69, 9.17) is 0 Å². The molecule has 2 N–H and O–H groups in total. The molecule has 4 rings (SSSR count). The lowest BCUT2D eigenvalue weighted by molar-refractivity contribution is 0.102. The fourth-order valence-electron chi connectivity index (χ4n) is 3.63. The van der Waals surface area contributed by atoms with Crippen molar-refractivity contribution in [1.29, 1.82) is 0 Å². The topological polar surface area (TPSA) is 89.7 Å². The number of aromatic nitrogens is 5. The van der Waals surface area contributed by atoms with E-state index in [1.807, 2.05) is 41.1 Å². The van der Waals surface area contributed by atoms with Crippen molar-refractivity contribution in [2.24, 2.45) is 7.05 Å². The third-order valence-electron chi connectivity index (χ3n) is 5.27. The van der Waals surface area contributed by atoms with E-state index in [0.717, 1.165) is 43.1 Å². The maximum atomic E-state index is 12.9. The minimum atomic E-state index is -0.283. The Kier molecular flexibility index (Phi) is 5.44. The van der Waals surface area contributed by atoms with Gasteiger partial charge in [-0.15, -0.1) is 0 Å². The maximum absolute atomic E-state index is 12.9. The first-order valence-corrected chi connectivity index (χ1v) is 10.1. The molecule has 1 fully saturated rings. The Hall–Kier alpha value is -3.00. The number of hydrogen-bond acceptors (Lipinski definition) is 5. The van der Waals surface area contributed by atoms with Crippen LogP contribution in [-0.4, -0.2) is 43.5 Å². The smallest absolute Gasteiger partial charge is 0.278 e. The monoisotopic (exact) mass is 393 g/mol. The minimum Gasteiger partial charge on any atom is -0.317 e. The molecule has 0 unspecified atom stereocenters. The van der Waals surface area contributed by atoms with Crippen LogP contribution in [0.3, 0.4) is 0 Å². The van der Waals surface area contributed by atoms with Crippen LogP contribution in [0, 0.1) is 0 Å². The molecule has 1 aromatic carbocycles. The van der Waals surface area contributed by atoms with Gasteiger partial charge in [0.05, 0.1) is 5.69 Å². The Morgan fingerprint density at radius 2 is 1.90 bits per heavy atom. The summed E-state index contributed by atoms with van der Waals surface area (Å²) in [6, 6.07) is 11.7. The zero-order valence-corrected chi connectivity index (χ0v) is 17.1. The number of anilines is 1. The van der Waals surface area contributed by atoms with E-state index in [-0.39, 0.29) is 11.8 Å². The summed E-state index contributed by atoms with van der Waals surface area (Å²) in [7, 11) is 1.80. The molecule has 8 heteroatoms. The molecule has 1 amide bonds. The van der Waals surface area contributed by atoms with Crippen molar-refractivity contribution in [2.45, 2.75) is 38.5 Å². The molecule has 0 saturated carbocycles. The Morgan fingerprint density at radius 1 is 1.17 bits per heavy atom. The first-order valence-electron chi connectivity index (χ1n) is 10.1. The van der Waals surface area contributed by atoms with Crippen molar-refractivity contribution >= 4 is 11.9 Å². The predicted octanol–water partition coefficient (Wildman–Crippen LogP) is 2.84. The normalized spacial score (nSPS) is 15.0. The Labute approximate surface area is 170 Å². The number of benzene rings is 1. The zero-order chi connectivity index (χ0) is 20.4. The molecule has 29 heavy (non-hydrogen) atoms. The van der Waals surface area contributed by atoms with E-state index in [1.165, 1.54) is 0 Å². The molecule has 0 radical (unpaired) electrons. The lowest BCUT2D eigenvalue weighted by Crippen LogP contribution is -2.27. The Bertz CT molecular complexity index is 984. The largest absolute Gasteiger partial charge is 0.317 e. The third-order valence-corrected chi connectivity index (χ3v) is 5.27. The molecule has 1 aliphatic rings. The fourth-order valence-corrected chi connectivity index (χ4v) is 3.63. The molecule has 2 aromatic heterocycles. The first-order chi connectivity index (χ1) is 14.0. The van der Waals surface area contributed by atoms with Gasteiger partial charge in [-0.25, -0.2) is 9.36 Å². The van der Waals surface area contributed by atoms with Gasteiger partial charge in [0.15, 0.2) is 11.5 Å². The highest BCUT2D eigenvalue weighted by molar-refractivity contribution is 6.02. The summed E-state index contributed by atoms with van der Waals surface area (Å²) in [6.07, 6.45) is 2.02. The average Bonchev–Trinajstić information content (AvgIpc) is 3.34. The fraction of sp³-hybridized carbons (Fsp3) is 0.429. The van der Waals surface area contributed by atoms with Gasteiger partial charge in [-0.2, -0.15) is 15.2 Å². The van der Waals surface area contributed by atoms with E-state index in [2.05, 4.69) is 39.7 Å². The highest BCUT2D eigenvalue weighted by atomic mass is 16.2. The van der Waals surface area contributed by atoms with Crippen LogP contribution < -0.4 is 10.6 Å². The van der Waals surface area contributed by atoms with Crippen LogP contribution in [0.15, 0.2) is 36.4 Å². The number of nitrogens with zero attached hydrogens (tertiary/aromatic N) is 5. The number of piperidine rings is 1. The lowest BCUT2D eigenvalue weighted by atomic mass is 9.98. The second kappa shape index (κ2) is 8.16. The number of hydrogen-bond donors (Lipinski definition) is 2. The molecular formula is C21H27N7O. The van der Waals surface area contributed by atoms with E-state index in [9.17, 15) is 4.79 Å². The summed E-state index contributed by atoms with van der Waals surface area (Å²) in [5.41, 5.74) is 2.28. The van der Waals surface area contributed by atoms with E-state index < -0.39 is 0 Å². The third kappa shape index (κ3) is 4.07. The van der Waals surface area contributed by atoms with Crippen molar-refractivity contribution in [2.75, 3.05) is 18.4 Å². The number of para-hydroxylation sites is 1. The number of rotatable bonds is 5. The minimum absolute atomic E-state index is 0.227. The van der Waals surface area contributed by atoms with E-state index in [0.29, 0.717) is 17.6 Å². The second-order valence-corrected chi connectivity index (χ2v) is 7.75. The van der Waals surface area contributed by atoms with E-state index >= 15 is 0 Å². The maximum Gasteiger partial charge on any atom is 0.278 e. The molecule has 1 aliphatic heterocycles. The van der Waals surface area contributed by atoms with Crippen molar-refractivity contribution in [3.05, 3.63) is 53.6 Å². The molecule has 0 bridgehead atoms. The lowest BCUT2D eigenvalue weighted by Gasteiger charge is -2.19. The Balaban J connectivity index is 1.57. The highest BCUT2D eigenvalue weighted by Gasteiger charge is 2.23. The molecule has 152 valence electrons. The first kappa shape index (κ1) is 19.3. The van der Waals surface area contributed by atoms with Crippen molar-refractivity contribution in [1.82, 2.24) is 29.9 Å². The summed E-state index contributed by atoms with van der Waals surface area (Å²) >= 11 is 0. The summed E-state index contributed by atoms with van der Waals surface area (Å²) in [5.74, 6) is 1.52. The van der Waals surface area contributed by atoms with Gasteiger partial charge in [-0.05, 0) is 50.0 Å². The van der Waals surface area contributed by atoms with Gasteiger partial charge in [0, 0.05) is 18.7 Å². The van der Waals surface area contributed by atoms with Gasteiger partial charge in [-0.3, -0.25) is 10.1 Å². The molecule has 0 aliphatic carbocycles. The van der Waals surface area contributed by atoms with Gasteiger partial charge in [0.1, 0.15) is 0 Å². The quantitative estimate of drug-likeness (QED) is 0.696. The highest BCUT2D eigenvalue weighted by Crippen LogP contribution is 2.24. The number of aryl methyl sites for hydroxylation is 1. The van der Waals surface area contributed by atoms with Crippen LogP contribution in [0.1, 0.15) is 60.5 Å². The summed E-state index contributed by atoms with van der Waals surface area (Å²) in [6.45, 7) is 6.12. The van der Waals surface area contributed by atoms with Crippen LogP contribution in [0.4, 0.5) is 5.95 Å². The molecule has 3 heterocycles. The predicted molar refractivity (Wildman–Crippen MR) is 111 cm³/mol. The van der Waals surface area contributed by atoms with Crippen LogP contribution in [0.25, 0.3) is 5.69 Å². The zero-order valence-electron chi connectivity index (χ0n) is 17.1. The van der Waals surface area contributed by atoms with Crippen LogP contribution in [0.2, 0.25) is 0 Å². The van der Waals surface area contributed by atoms with Gasteiger partial charge < -0.3 is 5.32 Å². The number of carbonyl (C=O) groups is 1. The molecular weight excluding hydrogens is 366 g/mol. The Morgan fingerprint density at radius 3 is 2.59 bits per heavy atom. The molecule has 3 aromatic rings. The van der Waals surface area contributed by atoms with Gasteiger partial charge in [0.2, 0.25) is 5.95 Å². The number of carbonyl (C=O) groups excluding carboxylic acids is 1. The van der Waals surface area contributed by atoms with Crippen molar-refractivity contribution in [3.63, 3.8) is 0 Å². The van der Waals surface area contributed by atoms with Crippen molar-refractivity contribution in [3.8, 4) is 5.69 Å². The van der Waals surface area contributed by atoms with E-state index in [1.54, 1.807) is 11.7 Å². The second-order valence-electron chi connectivity index (χ2n) is 7.75. The standard InChI is InChI=1S/C21H27N7O/c1-14(2)18-13-17(25-28(18)16-7-5-4-6-8-16)20(29)24-21-23-19(26-27(21)3)15-9-11-22-12-10-15/h4-8,13-15,22H,9-12H2,1-3H3,(H,23,24,26,29). The van der Waals surface area contributed by atoms with Crippen LogP contribution in [0.5, 0.6) is 0 Å². The van der Waals surface area contributed by atoms with Gasteiger partial charge in [-0.1, -0.05) is 32.0 Å². The summed E-state index contributed by atoms with van der Waals surface area (Å²) < 4.78 is 3.46. The number of amides is 1.